The van der Waals surface area contributed by atoms with Gasteiger partial charge in [-0.15, -0.1) is 0 Å². The summed E-state index contributed by atoms with van der Waals surface area (Å²) in [7, 11) is -4.68. The Morgan fingerprint density at radius 3 is 1.74 bits per heavy atom. The molecule has 12 heteroatoms. The molecule has 0 spiro atoms. The first-order valence-corrected chi connectivity index (χ1v) is 22.4. The number of phosphoric ester groups is 1. The fraction of sp³-hybridized carbons (Fsp3) is 0.565. The second-order valence-corrected chi connectivity index (χ2v) is 14.9. The molecule has 0 rings (SSSR count). The second kappa shape index (κ2) is 40.4. The summed E-state index contributed by atoms with van der Waals surface area (Å²) in [5.41, 5.74) is 0. The van der Waals surface area contributed by atoms with Gasteiger partial charge in [0.2, 0.25) is 0 Å². The van der Waals surface area contributed by atoms with E-state index in [1.807, 2.05) is 12.2 Å². The Hall–Kier alpha value is -3.41. The minimum atomic E-state index is -4.68. The van der Waals surface area contributed by atoms with E-state index in [4.69, 9.17) is 19.1 Å². The lowest BCUT2D eigenvalue weighted by atomic mass is 10.1. The van der Waals surface area contributed by atoms with E-state index in [0.717, 1.165) is 77.0 Å². The molecule has 0 aromatic carbocycles. The normalized spacial score (nSPS) is 15.5. The molecule has 0 heterocycles. The van der Waals surface area contributed by atoms with Crippen molar-refractivity contribution in [3.63, 3.8) is 0 Å². The fourth-order valence-electron chi connectivity index (χ4n) is 4.82. The van der Waals surface area contributed by atoms with Gasteiger partial charge in [0.25, 0.3) is 0 Å². The highest BCUT2D eigenvalue weighted by Gasteiger charge is 2.27. The number of carbonyl (C=O) groups is 2. The topological polar surface area (TPSA) is 169 Å². The summed E-state index contributed by atoms with van der Waals surface area (Å²) in [6.45, 7) is 1.89. The molecular formula is C46H73O11P. The molecule has 328 valence electrons. The van der Waals surface area contributed by atoms with Crippen LogP contribution in [0.25, 0.3) is 0 Å². The maximum Gasteiger partial charge on any atom is 0.472 e. The van der Waals surface area contributed by atoms with Crippen molar-refractivity contribution in [3.8, 4) is 0 Å². The fourth-order valence-corrected chi connectivity index (χ4v) is 5.61. The summed E-state index contributed by atoms with van der Waals surface area (Å²) in [5.74, 6) is -1.14. The Bertz CT molecular complexity index is 1340. The van der Waals surface area contributed by atoms with Crippen LogP contribution in [-0.2, 0) is 32.7 Å². The Labute approximate surface area is 348 Å². The first kappa shape index (κ1) is 54.6. The average molecular weight is 833 g/mol. The highest BCUT2D eigenvalue weighted by molar-refractivity contribution is 7.47. The summed E-state index contributed by atoms with van der Waals surface area (Å²) >= 11 is 0. The average Bonchev–Trinajstić information content (AvgIpc) is 3.21. The van der Waals surface area contributed by atoms with Crippen LogP contribution in [0.15, 0.2) is 109 Å². The number of allylic oxidation sites excluding steroid dienone is 16. The Balaban J connectivity index is 4.60. The van der Waals surface area contributed by atoms with Crippen LogP contribution in [-0.4, -0.2) is 76.9 Å². The molecule has 0 aliphatic rings. The summed E-state index contributed by atoms with van der Waals surface area (Å²) < 4.78 is 32.5. The van der Waals surface area contributed by atoms with E-state index in [9.17, 15) is 29.3 Å². The van der Waals surface area contributed by atoms with E-state index in [0.29, 0.717) is 19.3 Å². The highest BCUT2D eigenvalue weighted by atomic mass is 31.2. The summed E-state index contributed by atoms with van der Waals surface area (Å²) in [4.78, 5) is 34.9. The highest BCUT2D eigenvalue weighted by Crippen LogP contribution is 2.43. The van der Waals surface area contributed by atoms with E-state index in [1.165, 1.54) is 0 Å². The lowest BCUT2D eigenvalue weighted by Gasteiger charge is -2.20. The maximum atomic E-state index is 12.6. The minimum absolute atomic E-state index is 0.0331. The van der Waals surface area contributed by atoms with Crippen LogP contribution in [0.4, 0.5) is 0 Å². The molecule has 0 radical (unpaired) electrons. The molecule has 2 unspecified atom stereocenters. The van der Waals surface area contributed by atoms with Crippen molar-refractivity contribution >= 4 is 19.8 Å². The summed E-state index contributed by atoms with van der Waals surface area (Å²) in [6.07, 6.45) is 46.6. The monoisotopic (exact) mass is 832 g/mol. The first-order chi connectivity index (χ1) is 28.1. The predicted octanol–water partition coefficient (Wildman–Crippen LogP) is 9.97. The Morgan fingerprint density at radius 2 is 1.12 bits per heavy atom. The molecule has 0 aromatic heterocycles. The van der Waals surface area contributed by atoms with Crippen LogP contribution < -0.4 is 0 Å². The number of hydrogen-bond donors (Lipinski definition) is 4. The number of rotatable bonds is 37. The largest absolute Gasteiger partial charge is 0.472 e. The van der Waals surface area contributed by atoms with Gasteiger partial charge in [0.05, 0.1) is 25.9 Å². The van der Waals surface area contributed by atoms with Crippen LogP contribution in [0, 0.1) is 0 Å². The Kier molecular flexibility index (Phi) is 38.0. The lowest BCUT2D eigenvalue weighted by Crippen LogP contribution is -2.29. The number of esters is 2. The number of aliphatic hydroxyl groups is 3. The second-order valence-electron chi connectivity index (χ2n) is 13.4. The van der Waals surface area contributed by atoms with Crippen molar-refractivity contribution in [1.29, 1.82) is 0 Å². The molecule has 0 bridgehead atoms. The van der Waals surface area contributed by atoms with Gasteiger partial charge in [-0.3, -0.25) is 18.6 Å². The van der Waals surface area contributed by atoms with Gasteiger partial charge in [-0.25, -0.2) is 4.57 Å². The maximum absolute atomic E-state index is 12.6. The van der Waals surface area contributed by atoms with Crippen LogP contribution in [0.1, 0.15) is 123 Å². The van der Waals surface area contributed by atoms with Gasteiger partial charge in [-0.2, -0.15) is 0 Å². The SMILES string of the molecule is CC/C=C\C/C=C\C/C=C\C/C=C\C=C/C(O)C/C=C\CCC(=O)O[C@H](COC(=O)CCCCCCC/C=C\C/C=C\C/C=C\CC)COP(=O)(O)OC[C@@H](O)CO. The first-order valence-electron chi connectivity index (χ1n) is 21.0. The number of carbonyl (C=O) groups excluding carboxylic acids is 2. The van der Waals surface area contributed by atoms with Crippen molar-refractivity contribution < 1.29 is 52.9 Å². The summed E-state index contributed by atoms with van der Waals surface area (Å²) in [5, 5.41) is 28.5. The van der Waals surface area contributed by atoms with Crippen LogP contribution in [0.2, 0.25) is 0 Å². The third-order valence-electron chi connectivity index (χ3n) is 8.02. The zero-order chi connectivity index (χ0) is 42.8. The van der Waals surface area contributed by atoms with E-state index in [-0.39, 0.29) is 12.8 Å². The van der Waals surface area contributed by atoms with Crippen molar-refractivity contribution in [3.05, 3.63) is 109 Å². The summed E-state index contributed by atoms with van der Waals surface area (Å²) in [6, 6.07) is 0. The number of ether oxygens (including phenoxy) is 2. The molecular weight excluding hydrogens is 759 g/mol. The molecule has 0 aliphatic carbocycles. The third-order valence-corrected chi connectivity index (χ3v) is 8.97. The smallest absolute Gasteiger partial charge is 0.462 e. The standard InChI is InChI=1S/C46H73O11P/c1-3-5-7-9-11-13-15-17-18-20-22-24-26-28-32-36-45(50)54-40-44(41-56-58(52,53)55-39-43(49)38-47)57-46(51)37-33-29-31-35-42(48)34-30-27-25-23-21-19-16-14-12-10-8-6-4-2/h5-8,11-14,17-19,21,25,27,29-31,34,42-44,47-49H,3-4,9-10,15-16,20,22-24,26,28,32-33,35-41H2,1-2H3,(H,52,53)/b7-5-,8-6-,13-11-,14-12-,18-17-,21-19-,27-25-,31-29-,34-30-/t42?,43-,44+/m0/s1. The molecule has 4 atom stereocenters. The number of aliphatic hydroxyl groups excluding tert-OH is 3. The van der Waals surface area contributed by atoms with Gasteiger partial charge in [0.15, 0.2) is 6.10 Å². The van der Waals surface area contributed by atoms with Crippen LogP contribution in [0.5, 0.6) is 0 Å². The van der Waals surface area contributed by atoms with Crippen molar-refractivity contribution in [1.82, 2.24) is 0 Å². The van der Waals surface area contributed by atoms with Crippen molar-refractivity contribution in [2.75, 3.05) is 26.4 Å². The van der Waals surface area contributed by atoms with Crippen molar-refractivity contribution in [2.45, 2.75) is 141 Å². The minimum Gasteiger partial charge on any atom is -0.462 e. The lowest BCUT2D eigenvalue weighted by molar-refractivity contribution is -0.161. The van der Waals surface area contributed by atoms with Crippen LogP contribution >= 0.6 is 7.82 Å². The molecule has 11 nitrogen and oxygen atoms in total. The van der Waals surface area contributed by atoms with Crippen molar-refractivity contribution in [2.24, 2.45) is 0 Å². The van der Waals surface area contributed by atoms with Crippen LogP contribution in [0.3, 0.4) is 0 Å². The van der Waals surface area contributed by atoms with Gasteiger partial charge in [0, 0.05) is 12.8 Å². The molecule has 0 saturated carbocycles. The molecule has 0 amide bonds. The Morgan fingerprint density at radius 1 is 0.586 bits per heavy atom. The van der Waals surface area contributed by atoms with E-state index < -0.39 is 64.5 Å². The van der Waals surface area contributed by atoms with E-state index in [2.05, 4.69) is 91.3 Å². The number of unbranched alkanes of at least 4 members (excludes halogenated alkanes) is 5. The molecule has 0 saturated heterocycles. The quantitative estimate of drug-likeness (QED) is 0.0155. The van der Waals surface area contributed by atoms with E-state index in [1.54, 1.807) is 24.3 Å². The molecule has 0 fully saturated rings. The third kappa shape index (κ3) is 39.4. The number of phosphoric acid groups is 1. The van der Waals surface area contributed by atoms with Gasteiger partial charge in [-0.05, 0) is 77.0 Å². The number of hydrogen-bond acceptors (Lipinski definition) is 10. The predicted molar refractivity (Wildman–Crippen MR) is 234 cm³/mol. The molecule has 0 aliphatic heterocycles. The molecule has 58 heavy (non-hydrogen) atoms. The zero-order valence-electron chi connectivity index (χ0n) is 35.1. The molecule has 0 aromatic rings. The molecule has 4 N–H and O–H groups in total. The van der Waals surface area contributed by atoms with Gasteiger partial charge >= 0.3 is 19.8 Å². The van der Waals surface area contributed by atoms with Gasteiger partial charge in [-0.1, -0.05) is 142 Å². The van der Waals surface area contributed by atoms with Gasteiger partial charge in [0.1, 0.15) is 12.7 Å². The zero-order valence-corrected chi connectivity index (χ0v) is 36.0. The van der Waals surface area contributed by atoms with E-state index >= 15 is 0 Å². The van der Waals surface area contributed by atoms with Gasteiger partial charge < -0.3 is 29.7 Å².